The Balaban J connectivity index is 2.11. The Bertz CT molecular complexity index is 550. The van der Waals surface area contributed by atoms with E-state index in [9.17, 15) is 13.2 Å². The summed E-state index contributed by atoms with van der Waals surface area (Å²) >= 11 is 0. The van der Waals surface area contributed by atoms with Crippen LogP contribution in [0.25, 0.3) is 0 Å². The zero-order chi connectivity index (χ0) is 12.5. The predicted octanol–water partition coefficient (Wildman–Crippen LogP) is 0.842. The molecule has 1 aliphatic rings. The molecule has 1 fully saturated rings. The van der Waals surface area contributed by atoms with Gasteiger partial charge in [0.1, 0.15) is 4.90 Å². The molecule has 1 aliphatic carbocycles. The van der Waals surface area contributed by atoms with Crippen LogP contribution in [0.4, 0.5) is 0 Å². The lowest BCUT2D eigenvalue weighted by Gasteiger charge is -2.04. The van der Waals surface area contributed by atoms with Gasteiger partial charge in [-0.2, -0.15) is 0 Å². The van der Waals surface area contributed by atoms with E-state index in [-0.39, 0.29) is 10.9 Å². The van der Waals surface area contributed by atoms with E-state index in [1.54, 1.807) is 0 Å². The van der Waals surface area contributed by atoms with Gasteiger partial charge in [0, 0.05) is 24.5 Å². The highest BCUT2D eigenvalue weighted by molar-refractivity contribution is 7.89. The van der Waals surface area contributed by atoms with Crippen molar-refractivity contribution in [1.82, 2.24) is 9.71 Å². The van der Waals surface area contributed by atoms with E-state index < -0.39 is 15.5 Å². The van der Waals surface area contributed by atoms with Gasteiger partial charge in [0.05, 0.1) is 0 Å². The Hall–Kier alpha value is -1.14. The summed E-state index contributed by atoms with van der Waals surface area (Å²) in [7, 11) is -3.67. The molecule has 1 saturated carbocycles. The van der Waals surface area contributed by atoms with Gasteiger partial charge in [0.15, 0.2) is 0 Å². The van der Waals surface area contributed by atoms with Gasteiger partial charge in [0.25, 0.3) is 0 Å². The van der Waals surface area contributed by atoms with E-state index in [2.05, 4.69) is 16.6 Å². The summed E-state index contributed by atoms with van der Waals surface area (Å²) in [6.45, 7) is 2.08. The third-order valence-electron chi connectivity index (χ3n) is 2.97. The highest BCUT2D eigenvalue weighted by Crippen LogP contribution is 2.35. The molecular formula is C11H16N2O3S. The Morgan fingerprint density at radius 3 is 2.94 bits per heavy atom. The molecule has 0 aromatic carbocycles. The smallest absolute Gasteiger partial charge is 0.246 e. The van der Waals surface area contributed by atoms with E-state index in [4.69, 9.17) is 0 Å². The Morgan fingerprint density at radius 1 is 1.53 bits per heavy atom. The molecular weight excluding hydrogens is 240 g/mol. The summed E-state index contributed by atoms with van der Waals surface area (Å²) in [5.41, 5.74) is -0.482. The van der Waals surface area contributed by atoms with Crippen molar-refractivity contribution >= 4 is 10.0 Å². The van der Waals surface area contributed by atoms with Crippen molar-refractivity contribution in [2.24, 2.45) is 5.92 Å². The number of hydrogen-bond acceptors (Lipinski definition) is 3. The largest absolute Gasteiger partial charge is 0.366 e. The lowest BCUT2D eigenvalue weighted by molar-refractivity contribution is 0.572. The molecule has 1 aromatic heterocycles. The summed E-state index contributed by atoms with van der Waals surface area (Å²) in [4.78, 5) is 13.8. The molecule has 2 N–H and O–H groups in total. The molecule has 2 unspecified atom stereocenters. The molecule has 2 atom stereocenters. The number of aromatic nitrogens is 1. The minimum Gasteiger partial charge on any atom is -0.366 e. The molecule has 2 rings (SSSR count). The van der Waals surface area contributed by atoms with Crippen LogP contribution >= 0.6 is 0 Å². The summed E-state index contributed by atoms with van der Waals surface area (Å²) in [5.74, 6) is 0.428. The Kier molecular flexibility index (Phi) is 3.35. The number of pyridine rings is 1. The summed E-state index contributed by atoms with van der Waals surface area (Å²) in [5, 5.41) is 0. The molecule has 0 amide bonds. The second-order valence-electron chi connectivity index (χ2n) is 4.39. The van der Waals surface area contributed by atoms with Gasteiger partial charge in [-0.05, 0) is 18.8 Å². The first-order chi connectivity index (χ1) is 8.04. The van der Waals surface area contributed by atoms with Crippen molar-refractivity contribution in [3.8, 4) is 0 Å². The van der Waals surface area contributed by atoms with Gasteiger partial charge in [-0.15, -0.1) is 0 Å². The van der Waals surface area contributed by atoms with Crippen LogP contribution in [0.2, 0.25) is 0 Å². The number of rotatable bonds is 5. The van der Waals surface area contributed by atoms with Crippen molar-refractivity contribution in [3.05, 3.63) is 28.7 Å². The number of aromatic amines is 1. The first-order valence-corrected chi connectivity index (χ1v) is 7.22. The molecule has 0 bridgehead atoms. The van der Waals surface area contributed by atoms with Crippen LogP contribution < -0.4 is 10.2 Å². The number of hydrogen-bond donors (Lipinski definition) is 2. The van der Waals surface area contributed by atoms with Gasteiger partial charge >= 0.3 is 0 Å². The van der Waals surface area contributed by atoms with Crippen molar-refractivity contribution in [1.29, 1.82) is 0 Å². The zero-order valence-corrected chi connectivity index (χ0v) is 10.5. The maximum atomic E-state index is 11.9. The van der Waals surface area contributed by atoms with Gasteiger partial charge < -0.3 is 4.98 Å². The van der Waals surface area contributed by atoms with Gasteiger partial charge in [-0.1, -0.05) is 13.3 Å². The average molecular weight is 256 g/mol. The second-order valence-corrected chi connectivity index (χ2v) is 6.07. The summed E-state index contributed by atoms with van der Waals surface area (Å²) < 4.78 is 26.4. The van der Waals surface area contributed by atoms with Crippen LogP contribution in [0.5, 0.6) is 0 Å². The molecule has 0 radical (unpaired) electrons. The first-order valence-electron chi connectivity index (χ1n) is 5.74. The standard InChI is InChI=1S/C11H16N2O3S/c1-2-3-8-6-9(8)13-17(15,16)11-7-12-5-4-10(11)14/h4-5,7-9,13H,2-3,6H2,1H3,(H,12,14). The van der Waals surface area contributed by atoms with E-state index in [1.807, 2.05) is 0 Å². The van der Waals surface area contributed by atoms with Gasteiger partial charge in [-0.25, -0.2) is 13.1 Å². The fourth-order valence-electron chi connectivity index (χ4n) is 1.96. The van der Waals surface area contributed by atoms with Crippen LogP contribution in [-0.4, -0.2) is 19.4 Å². The third-order valence-corrected chi connectivity index (χ3v) is 4.48. The maximum Gasteiger partial charge on any atom is 0.246 e. The zero-order valence-electron chi connectivity index (χ0n) is 9.64. The quantitative estimate of drug-likeness (QED) is 0.819. The second kappa shape index (κ2) is 4.62. The van der Waals surface area contributed by atoms with E-state index in [0.717, 1.165) is 19.3 Å². The minimum atomic E-state index is -3.67. The SMILES string of the molecule is CCCC1CC1NS(=O)(=O)c1c[nH]ccc1=O. The van der Waals surface area contributed by atoms with Crippen molar-refractivity contribution in [2.75, 3.05) is 0 Å². The normalized spacial score (nSPS) is 23.6. The van der Waals surface area contributed by atoms with Crippen LogP contribution in [0.1, 0.15) is 26.2 Å². The fourth-order valence-corrected chi connectivity index (χ4v) is 3.33. The molecule has 0 spiro atoms. The van der Waals surface area contributed by atoms with Crippen molar-refractivity contribution in [3.63, 3.8) is 0 Å². The van der Waals surface area contributed by atoms with Gasteiger partial charge in [-0.3, -0.25) is 4.79 Å². The van der Waals surface area contributed by atoms with E-state index >= 15 is 0 Å². The summed E-state index contributed by atoms with van der Waals surface area (Å²) in [6, 6.07) is 1.21. The highest BCUT2D eigenvalue weighted by atomic mass is 32.2. The maximum absolute atomic E-state index is 11.9. The van der Waals surface area contributed by atoms with Crippen LogP contribution in [0.3, 0.4) is 0 Å². The topological polar surface area (TPSA) is 79.0 Å². The summed E-state index contributed by atoms with van der Waals surface area (Å²) in [6.07, 6.45) is 5.59. The lowest BCUT2D eigenvalue weighted by Crippen LogP contribution is -2.30. The first kappa shape index (κ1) is 12.3. The minimum absolute atomic E-state index is 0.000411. The average Bonchev–Trinajstić information content (AvgIpc) is 2.96. The van der Waals surface area contributed by atoms with Gasteiger partial charge in [0.2, 0.25) is 15.5 Å². The van der Waals surface area contributed by atoms with Crippen LogP contribution in [-0.2, 0) is 10.0 Å². The lowest BCUT2D eigenvalue weighted by atomic mass is 10.2. The molecule has 1 aromatic rings. The third kappa shape index (κ3) is 2.76. The van der Waals surface area contributed by atoms with Crippen molar-refractivity contribution < 1.29 is 8.42 Å². The molecule has 1 heterocycles. The number of nitrogens with one attached hydrogen (secondary N) is 2. The fraction of sp³-hybridized carbons (Fsp3) is 0.545. The molecule has 0 saturated heterocycles. The van der Waals surface area contributed by atoms with Crippen molar-refractivity contribution in [2.45, 2.75) is 37.1 Å². The molecule has 17 heavy (non-hydrogen) atoms. The molecule has 0 aliphatic heterocycles. The van der Waals surface area contributed by atoms with Crippen LogP contribution in [0.15, 0.2) is 28.2 Å². The molecule has 6 heteroatoms. The van der Waals surface area contributed by atoms with Crippen LogP contribution in [0, 0.1) is 5.92 Å². The van der Waals surface area contributed by atoms with E-state index in [0.29, 0.717) is 5.92 Å². The molecule has 5 nitrogen and oxygen atoms in total. The number of sulfonamides is 1. The number of H-pyrrole nitrogens is 1. The Labute approximate surface area is 100 Å². The van der Waals surface area contributed by atoms with E-state index in [1.165, 1.54) is 18.5 Å². The Morgan fingerprint density at radius 2 is 2.29 bits per heavy atom. The molecule has 94 valence electrons. The monoisotopic (exact) mass is 256 g/mol. The highest BCUT2D eigenvalue weighted by Gasteiger charge is 2.39. The predicted molar refractivity (Wildman–Crippen MR) is 64.2 cm³/mol.